The van der Waals surface area contributed by atoms with Crippen LogP contribution >= 0.6 is 0 Å². The van der Waals surface area contributed by atoms with Gasteiger partial charge in [-0.25, -0.2) is 4.79 Å². The van der Waals surface area contributed by atoms with E-state index in [1.54, 1.807) is 30.3 Å². The minimum absolute atomic E-state index is 0.00872. The predicted molar refractivity (Wildman–Crippen MR) is 94.9 cm³/mol. The van der Waals surface area contributed by atoms with Crippen LogP contribution in [0.4, 0.5) is 5.69 Å². The standard InChI is InChI=1S/C19H11N3O5/c20-9-13-15(10-4-3-5-11(8-10)22(24)25)16-17(27-18(13)21)12-6-1-2-7-14(12)26-19(16)23/h1-8,15H,21H2. The molecule has 0 fully saturated rings. The zero-order valence-electron chi connectivity index (χ0n) is 13.7. The molecule has 1 unspecified atom stereocenters. The van der Waals surface area contributed by atoms with Crippen molar-refractivity contribution in [2.75, 3.05) is 0 Å². The van der Waals surface area contributed by atoms with Gasteiger partial charge in [-0.2, -0.15) is 5.26 Å². The number of benzene rings is 2. The van der Waals surface area contributed by atoms with Gasteiger partial charge in [0.2, 0.25) is 5.88 Å². The van der Waals surface area contributed by atoms with Crippen LogP contribution in [-0.2, 0) is 0 Å². The Kier molecular flexibility index (Phi) is 3.63. The largest absolute Gasteiger partial charge is 0.439 e. The Morgan fingerprint density at radius 3 is 2.70 bits per heavy atom. The van der Waals surface area contributed by atoms with Crippen molar-refractivity contribution >= 4 is 16.7 Å². The van der Waals surface area contributed by atoms with Crippen molar-refractivity contribution in [3.05, 3.63) is 91.6 Å². The van der Waals surface area contributed by atoms with Crippen molar-refractivity contribution in [3.8, 4) is 11.8 Å². The van der Waals surface area contributed by atoms with Crippen molar-refractivity contribution in [1.82, 2.24) is 0 Å². The van der Waals surface area contributed by atoms with E-state index in [0.29, 0.717) is 16.5 Å². The average molecular weight is 361 g/mol. The third kappa shape index (κ3) is 2.49. The fourth-order valence-electron chi connectivity index (χ4n) is 3.22. The monoisotopic (exact) mass is 361 g/mol. The van der Waals surface area contributed by atoms with E-state index in [4.69, 9.17) is 14.9 Å². The van der Waals surface area contributed by atoms with Crippen molar-refractivity contribution < 1.29 is 14.1 Å². The number of hydrogen-bond acceptors (Lipinski definition) is 7. The Bertz CT molecular complexity index is 1240. The van der Waals surface area contributed by atoms with Crippen LogP contribution in [0.1, 0.15) is 17.0 Å². The lowest BCUT2D eigenvalue weighted by atomic mass is 9.83. The molecule has 2 heterocycles. The fourth-order valence-corrected chi connectivity index (χ4v) is 3.22. The molecule has 1 atom stereocenters. The van der Waals surface area contributed by atoms with Gasteiger partial charge in [0.25, 0.3) is 5.69 Å². The molecule has 3 aromatic rings. The zero-order valence-corrected chi connectivity index (χ0v) is 13.7. The van der Waals surface area contributed by atoms with Gasteiger partial charge >= 0.3 is 5.63 Å². The number of rotatable bonds is 2. The molecule has 0 radical (unpaired) electrons. The Morgan fingerprint density at radius 1 is 1.19 bits per heavy atom. The highest BCUT2D eigenvalue weighted by Gasteiger charge is 2.35. The number of non-ortho nitro benzene ring substituents is 1. The van der Waals surface area contributed by atoms with Crippen LogP contribution in [0, 0.1) is 21.4 Å². The minimum atomic E-state index is -0.931. The maximum atomic E-state index is 12.7. The van der Waals surface area contributed by atoms with Gasteiger partial charge < -0.3 is 14.9 Å². The number of nitriles is 1. The Hall–Kier alpha value is -4.12. The van der Waals surface area contributed by atoms with Crippen LogP contribution < -0.4 is 16.1 Å². The molecule has 27 heavy (non-hydrogen) atoms. The van der Waals surface area contributed by atoms with Crippen LogP contribution in [0.3, 0.4) is 0 Å². The summed E-state index contributed by atoms with van der Waals surface area (Å²) in [7, 11) is 0. The number of nitro groups is 1. The first-order chi connectivity index (χ1) is 13.0. The van der Waals surface area contributed by atoms with E-state index >= 15 is 0 Å². The van der Waals surface area contributed by atoms with Crippen LogP contribution in [0.25, 0.3) is 11.0 Å². The number of fused-ring (bicyclic) bond motifs is 3. The Labute approximate surface area is 151 Å². The van der Waals surface area contributed by atoms with E-state index in [-0.39, 0.29) is 28.5 Å². The first-order valence-corrected chi connectivity index (χ1v) is 7.89. The molecule has 0 bridgehead atoms. The highest BCUT2D eigenvalue weighted by molar-refractivity contribution is 5.86. The molecule has 132 valence electrons. The number of nitro benzene ring substituents is 1. The van der Waals surface area contributed by atoms with Crippen molar-refractivity contribution in [3.63, 3.8) is 0 Å². The van der Waals surface area contributed by atoms with Crippen molar-refractivity contribution in [2.45, 2.75) is 5.92 Å². The highest BCUT2D eigenvalue weighted by Crippen LogP contribution is 2.43. The van der Waals surface area contributed by atoms with Gasteiger partial charge in [0.15, 0.2) is 5.75 Å². The van der Waals surface area contributed by atoms with Crippen molar-refractivity contribution in [2.24, 2.45) is 5.73 Å². The molecule has 1 aromatic heterocycles. The second kappa shape index (κ2) is 6.00. The molecule has 2 aromatic carbocycles. The molecule has 0 saturated heterocycles. The fraction of sp³-hybridized carbons (Fsp3) is 0.0526. The van der Waals surface area contributed by atoms with Gasteiger partial charge in [-0.15, -0.1) is 0 Å². The highest BCUT2D eigenvalue weighted by atomic mass is 16.6. The summed E-state index contributed by atoms with van der Waals surface area (Å²) in [6.45, 7) is 0. The summed E-state index contributed by atoms with van der Waals surface area (Å²) < 4.78 is 11.0. The molecule has 0 saturated carbocycles. The Morgan fingerprint density at radius 2 is 1.96 bits per heavy atom. The summed E-state index contributed by atoms with van der Waals surface area (Å²) in [5.74, 6) is -0.897. The molecule has 1 aliphatic rings. The maximum absolute atomic E-state index is 12.7. The molecule has 2 N–H and O–H groups in total. The van der Waals surface area contributed by atoms with Crippen molar-refractivity contribution in [1.29, 1.82) is 5.26 Å². The predicted octanol–water partition coefficient (Wildman–Crippen LogP) is 2.92. The normalized spacial score (nSPS) is 15.7. The maximum Gasteiger partial charge on any atom is 0.344 e. The van der Waals surface area contributed by atoms with E-state index in [1.807, 2.05) is 6.07 Å². The first-order valence-electron chi connectivity index (χ1n) is 7.89. The van der Waals surface area contributed by atoms with Crippen LogP contribution in [0.2, 0.25) is 0 Å². The second-order valence-electron chi connectivity index (χ2n) is 5.91. The second-order valence-corrected chi connectivity index (χ2v) is 5.91. The van der Waals surface area contributed by atoms with Gasteiger partial charge in [-0.3, -0.25) is 10.1 Å². The average Bonchev–Trinajstić information content (AvgIpc) is 2.67. The molecule has 0 amide bonds. The minimum Gasteiger partial charge on any atom is -0.439 e. The number of nitrogens with two attached hydrogens (primary N) is 1. The summed E-state index contributed by atoms with van der Waals surface area (Å²) >= 11 is 0. The van der Waals surface area contributed by atoms with E-state index < -0.39 is 16.5 Å². The van der Waals surface area contributed by atoms with Crippen LogP contribution in [0.5, 0.6) is 5.75 Å². The molecule has 8 nitrogen and oxygen atoms in total. The summed E-state index contributed by atoms with van der Waals surface area (Å²) in [4.78, 5) is 23.3. The SMILES string of the molecule is N#CC1=C(N)Oc2c(c(=O)oc3ccccc23)C1c1cccc([N+](=O)[O-])c1. The Balaban J connectivity index is 2.07. The third-order valence-corrected chi connectivity index (χ3v) is 4.39. The van der Waals surface area contributed by atoms with Crippen LogP contribution in [-0.4, -0.2) is 4.92 Å². The van der Waals surface area contributed by atoms with Gasteiger partial charge in [-0.05, 0) is 17.7 Å². The molecular formula is C19H11N3O5. The molecule has 0 aliphatic carbocycles. The summed E-state index contributed by atoms with van der Waals surface area (Å²) in [6, 6.07) is 14.4. The topological polar surface area (TPSA) is 132 Å². The smallest absolute Gasteiger partial charge is 0.344 e. The number of ether oxygens (including phenoxy) is 1. The van der Waals surface area contributed by atoms with E-state index in [1.165, 1.54) is 18.2 Å². The van der Waals surface area contributed by atoms with Crippen LogP contribution in [0.15, 0.2) is 69.2 Å². The number of para-hydroxylation sites is 1. The molecule has 1 aliphatic heterocycles. The number of allylic oxidation sites excluding steroid dienone is 1. The first kappa shape index (κ1) is 16.4. The van der Waals surface area contributed by atoms with Gasteiger partial charge in [0, 0.05) is 12.1 Å². The molecule has 0 spiro atoms. The van der Waals surface area contributed by atoms with E-state index in [0.717, 1.165) is 0 Å². The summed E-state index contributed by atoms with van der Waals surface area (Å²) in [6.07, 6.45) is 0. The quantitative estimate of drug-likeness (QED) is 0.421. The van der Waals surface area contributed by atoms with Gasteiger partial charge in [-0.1, -0.05) is 24.3 Å². The van der Waals surface area contributed by atoms with E-state index in [9.17, 15) is 20.2 Å². The summed E-state index contributed by atoms with van der Waals surface area (Å²) in [5.41, 5.74) is 5.84. The zero-order chi connectivity index (χ0) is 19.1. The third-order valence-electron chi connectivity index (χ3n) is 4.39. The molecule has 4 rings (SSSR count). The molecule has 8 heteroatoms. The summed E-state index contributed by atoms with van der Waals surface area (Å²) in [5, 5.41) is 21.2. The molecular weight excluding hydrogens is 350 g/mol. The van der Waals surface area contributed by atoms with Gasteiger partial charge in [0.05, 0.1) is 21.8 Å². The van der Waals surface area contributed by atoms with E-state index in [2.05, 4.69) is 0 Å². The van der Waals surface area contributed by atoms with Gasteiger partial charge in [0.1, 0.15) is 17.2 Å². The lowest BCUT2D eigenvalue weighted by molar-refractivity contribution is -0.384. The number of nitrogens with zero attached hydrogens (tertiary/aromatic N) is 2. The lowest BCUT2D eigenvalue weighted by Gasteiger charge is -2.25. The lowest BCUT2D eigenvalue weighted by Crippen LogP contribution is -2.26. The number of hydrogen-bond donors (Lipinski definition) is 1.